The quantitative estimate of drug-likeness (QED) is 0.430. The van der Waals surface area contributed by atoms with Gasteiger partial charge in [-0.3, -0.25) is 4.79 Å². The molecule has 0 aliphatic heterocycles. The smallest absolute Gasteiger partial charge is 0.218 e. The summed E-state index contributed by atoms with van der Waals surface area (Å²) >= 11 is 4.64. The Labute approximate surface area is 53.8 Å². The van der Waals surface area contributed by atoms with Gasteiger partial charge in [0.15, 0.2) is 0 Å². The molecule has 2 nitrogen and oxygen atoms in total. The molecule has 0 rings (SSSR count). The molecule has 0 aromatic heterocycles. The molecule has 8 heavy (non-hydrogen) atoms. The highest BCUT2D eigenvalue weighted by Gasteiger charge is 1.67. The lowest BCUT2D eigenvalue weighted by molar-refractivity contribution is -0.109. The fraction of sp³-hybridized carbons (Fsp3) is 0.400. The van der Waals surface area contributed by atoms with Crippen molar-refractivity contribution in [2.24, 2.45) is 0 Å². The fourth-order valence-corrected chi connectivity index (χ4v) is 0. The minimum absolute atomic E-state index is 0.0833. The molecule has 0 heterocycles. The average molecular weight is 137 g/mol. The predicted octanol–water partition coefficient (Wildman–Crippen LogP) is 0.936. The highest BCUT2D eigenvalue weighted by Crippen LogP contribution is 1.67. The van der Waals surface area contributed by atoms with Gasteiger partial charge >= 0.3 is 0 Å². The zero-order valence-electron chi connectivity index (χ0n) is 4.72. The van der Waals surface area contributed by atoms with E-state index in [0.717, 1.165) is 0 Å². The number of rotatable bonds is 1. The molecule has 0 aliphatic carbocycles. The average Bonchev–Trinajstić information content (AvgIpc) is 1.65. The van der Waals surface area contributed by atoms with Gasteiger partial charge in [0.1, 0.15) is 0 Å². The summed E-state index contributed by atoms with van der Waals surface area (Å²) in [6.07, 6.45) is 1.43. The maximum absolute atomic E-state index is 9.21. The van der Waals surface area contributed by atoms with Crippen LogP contribution in [0.1, 0.15) is 6.92 Å². The van der Waals surface area contributed by atoms with Crippen LogP contribution in [-0.2, 0) is 4.79 Å². The molecule has 0 unspecified atom stereocenters. The van der Waals surface area contributed by atoms with Crippen LogP contribution in [0.3, 0.4) is 0 Å². The lowest BCUT2D eigenvalue weighted by Crippen LogP contribution is -1.62. The van der Waals surface area contributed by atoms with Crippen LogP contribution in [-0.4, -0.2) is 17.0 Å². The molecule has 3 heteroatoms. The first-order chi connectivity index (χ1) is 3.65. The molecule has 1 N–H and O–H groups in total. The molecular formula is C5H9ClO2. The maximum atomic E-state index is 9.21. The zero-order valence-corrected chi connectivity index (χ0v) is 5.48. The van der Waals surface area contributed by atoms with Gasteiger partial charge in [-0.25, -0.2) is 0 Å². The number of carbonyl (C=O) groups excluding carboxylic acids is 1. The van der Waals surface area contributed by atoms with E-state index in [1.165, 1.54) is 13.0 Å². The van der Waals surface area contributed by atoms with Gasteiger partial charge in [0.2, 0.25) is 5.24 Å². The first-order valence-electron chi connectivity index (χ1n) is 2.03. The molecule has 0 atom stereocenters. The molecule has 0 spiro atoms. The van der Waals surface area contributed by atoms with E-state index in [-0.39, 0.29) is 11.8 Å². The third kappa shape index (κ3) is 282. The van der Waals surface area contributed by atoms with E-state index in [0.29, 0.717) is 0 Å². The summed E-state index contributed by atoms with van der Waals surface area (Å²) < 4.78 is 0. The van der Waals surface area contributed by atoms with Crippen molar-refractivity contribution in [2.45, 2.75) is 6.92 Å². The van der Waals surface area contributed by atoms with E-state index in [2.05, 4.69) is 18.2 Å². The Morgan fingerprint density at radius 1 is 2.00 bits per heavy atom. The van der Waals surface area contributed by atoms with Crippen molar-refractivity contribution in [3.05, 3.63) is 12.7 Å². The summed E-state index contributed by atoms with van der Waals surface area (Å²) in [5.74, 6) is 0. The molecule has 0 fully saturated rings. The van der Waals surface area contributed by atoms with Crippen molar-refractivity contribution in [3.63, 3.8) is 0 Å². The number of aliphatic hydroxyl groups excluding tert-OH is 1. The number of aliphatic hydroxyl groups is 1. The van der Waals surface area contributed by atoms with Gasteiger partial charge in [0.05, 0.1) is 6.61 Å². The molecular weight excluding hydrogens is 128 g/mol. The van der Waals surface area contributed by atoms with Crippen molar-refractivity contribution in [1.29, 1.82) is 0 Å². The molecule has 0 saturated carbocycles. The number of hydrogen-bond donors (Lipinski definition) is 1. The Bertz CT molecular complexity index is 66.8. The van der Waals surface area contributed by atoms with E-state index in [1.54, 1.807) is 0 Å². The number of carbonyl (C=O) groups is 1. The summed E-state index contributed by atoms with van der Waals surface area (Å²) in [6, 6.07) is 0. The van der Waals surface area contributed by atoms with Gasteiger partial charge < -0.3 is 5.11 Å². The van der Waals surface area contributed by atoms with Crippen molar-refractivity contribution in [2.75, 3.05) is 6.61 Å². The van der Waals surface area contributed by atoms with Crippen molar-refractivity contribution >= 4 is 16.8 Å². The zero-order chi connectivity index (χ0) is 6.99. The molecule has 0 radical (unpaired) electrons. The van der Waals surface area contributed by atoms with Crippen LogP contribution in [0.25, 0.3) is 0 Å². The molecule has 0 aliphatic rings. The summed E-state index contributed by atoms with van der Waals surface area (Å²) in [5, 5.41) is 7.40. The highest BCUT2D eigenvalue weighted by molar-refractivity contribution is 6.62. The first kappa shape index (κ1) is 10.6. The summed E-state index contributed by atoms with van der Waals surface area (Å²) in [7, 11) is 0. The molecule has 48 valence electrons. The Morgan fingerprint density at radius 3 is 2.12 bits per heavy atom. The standard InChI is InChI=1S/C3H6O.C2H3ClO/c1-2-3-4;1-2(3)4/h2,4H,1,3H2;1H3. The lowest BCUT2D eigenvalue weighted by Gasteiger charge is -1.60. The van der Waals surface area contributed by atoms with E-state index >= 15 is 0 Å². The summed E-state index contributed by atoms with van der Waals surface area (Å²) in [6.45, 7) is 4.61. The highest BCUT2D eigenvalue weighted by atomic mass is 35.5. The topological polar surface area (TPSA) is 37.3 Å². The van der Waals surface area contributed by atoms with Crippen LogP contribution >= 0.6 is 11.6 Å². The largest absolute Gasteiger partial charge is 0.392 e. The minimum Gasteiger partial charge on any atom is -0.392 e. The van der Waals surface area contributed by atoms with Crippen LogP contribution in [0.15, 0.2) is 12.7 Å². The Balaban J connectivity index is 0. The second kappa shape index (κ2) is 9.83. The van der Waals surface area contributed by atoms with Gasteiger partial charge in [-0.1, -0.05) is 6.08 Å². The first-order valence-corrected chi connectivity index (χ1v) is 2.40. The second-order valence-electron chi connectivity index (χ2n) is 0.942. The van der Waals surface area contributed by atoms with Gasteiger partial charge in [-0.15, -0.1) is 6.58 Å². The minimum atomic E-state index is -0.361. The second-order valence-corrected chi connectivity index (χ2v) is 1.47. The third-order valence-electron chi connectivity index (χ3n) is 0.129. The SMILES string of the molecule is C=CCO.CC(=O)Cl. The molecule has 0 amide bonds. The van der Waals surface area contributed by atoms with Gasteiger partial charge in [-0.2, -0.15) is 0 Å². The van der Waals surface area contributed by atoms with Gasteiger partial charge in [0.25, 0.3) is 0 Å². The molecule has 0 aromatic rings. The Hall–Kier alpha value is -0.340. The third-order valence-corrected chi connectivity index (χ3v) is 0.129. The number of hydrogen-bond acceptors (Lipinski definition) is 2. The van der Waals surface area contributed by atoms with Crippen molar-refractivity contribution in [1.82, 2.24) is 0 Å². The Morgan fingerprint density at radius 2 is 2.12 bits per heavy atom. The van der Waals surface area contributed by atoms with Crippen LogP contribution < -0.4 is 0 Å². The van der Waals surface area contributed by atoms with E-state index in [4.69, 9.17) is 5.11 Å². The fourth-order valence-electron chi connectivity index (χ4n) is 0. The van der Waals surface area contributed by atoms with Crippen LogP contribution in [0.4, 0.5) is 0 Å². The Kier molecular flexibility index (Phi) is 13.0. The predicted molar refractivity (Wildman–Crippen MR) is 33.8 cm³/mol. The number of halogens is 1. The summed E-state index contributed by atoms with van der Waals surface area (Å²) in [5.41, 5.74) is 0. The summed E-state index contributed by atoms with van der Waals surface area (Å²) in [4.78, 5) is 9.21. The van der Waals surface area contributed by atoms with E-state index in [1.807, 2.05) is 0 Å². The van der Waals surface area contributed by atoms with Crippen LogP contribution in [0, 0.1) is 0 Å². The van der Waals surface area contributed by atoms with E-state index < -0.39 is 0 Å². The lowest BCUT2D eigenvalue weighted by atomic mass is 10.7. The molecule has 0 bridgehead atoms. The van der Waals surface area contributed by atoms with Crippen LogP contribution in [0.2, 0.25) is 0 Å². The van der Waals surface area contributed by atoms with Crippen LogP contribution in [0.5, 0.6) is 0 Å². The maximum Gasteiger partial charge on any atom is 0.218 e. The monoisotopic (exact) mass is 136 g/mol. The van der Waals surface area contributed by atoms with Crippen molar-refractivity contribution < 1.29 is 9.90 Å². The van der Waals surface area contributed by atoms with Crippen molar-refractivity contribution in [3.8, 4) is 0 Å². The molecule has 0 aromatic carbocycles. The van der Waals surface area contributed by atoms with Gasteiger partial charge in [0, 0.05) is 6.92 Å². The van der Waals surface area contributed by atoms with E-state index in [9.17, 15) is 4.79 Å². The molecule has 0 saturated heterocycles. The normalized spacial score (nSPS) is 6.38. The van der Waals surface area contributed by atoms with Gasteiger partial charge in [-0.05, 0) is 11.6 Å².